The molecule has 0 aromatic carbocycles. The molecule has 1 saturated heterocycles. The minimum atomic E-state index is -4.37. The molecule has 4 nitrogen and oxygen atoms in total. The van der Waals surface area contributed by atoms with Crippen LogP contribution in [0, 0.1) is 5.92 Å². The maximum Gasteiger partial charge on any atom is 0.449 e. The van der Waals surface area contributed by atoms with Crippen LogP contribution in [0.1, 0.15) is 30.1 Å². The molecule has 3 rings (SSSR count). The molecule has 0 spiro atoms. The van der Waals surface area contributed by atoms with E-state index in [2.05, 4.69) is 22.2 Å². The van der Waals surface area contributed by atoms with Gasteiger partial charge in [0.2, 0.25) is 5.82 Å². The van der Waals surface area contributed by atoms with E-state index in [1.807, 2.05) is 0 Å². The smallest absolute Gasteiger partial charge is 0.324 e. The number of nitrogens with one attached hydrogen (secondary N) is 1. The summed E-state index contributed by atoms with van der Waals surface area (Å²) in [4.78, 5) is 6.10. The first-order valence-corrected chi connectivity index (χ1v) is 7.50. The standard InChI is InChI=1S/C14H21F3N4/c1-20-6-3-10(4-7-20)9-21-12-2-5-18-8-11(12)19-13(21)14(15,16)17/h10,18H,2-9H2,1H3. The van der Waals surface area contributed by atoms with Crippen molar-refractivity contribution in [2.45, 2.75) is 38.5 Å². The Morgan fingerprint density at radius 3 is 2.67 bits per heavy atom. The van der Waals surface area contributed by atoms with Gasteiger partial charge in [0.05, 0.1) is 5.69 Å². The fraction of sp³-hybridized carbons (Fsp3) is 0.786. The van der Waals surface area contributed by atoms with E-state index in [1.165, 1.54) is 4.57 Å². The SMILES string of the molecule is CN1CCC(Cn2c(C(F)(F)F)nc3c2CCNC3)CC1. The molecule has 118 valence electrons. The fourth-order valence-corrected chi connectivity index (χ4v) is 3.29. The molecule has 21 heavy (non-hydrogen) atoms. The van der Waals surface area contributed by atoms with Gasteiger partial charge in [-0.1, -0.05) is 0 Å². The lowest BCUT2D eigenvalue weighted by Crippen LogP contribution is -2.33. The van der Waals surface area contributed by atoms with Crippen LogP contribution in [0.2, 0.25) is 0 Å². The number of nitrogens with zero attached hydrogens (tertiary/aromatic N) is 3. The zero-order valence-electron chi connectivity index (χ0n) is 12.2. The van der Waals surface area contributed by atoms with Crippen molar-refractivity contribution < 1.29 is 13.2 Å². The monoisotopic (exact) mass is 302 g/mol. The molecule has 1 N–H and O–H groups in total. The number of alkyl halides is 3. The van der Waals surface area contributed by atoms with Gasteiger partial charge in [-0.05, 0) is 38.9 Å². The van der Waals surface area contributed by atoms with Gasteiger partial charge in [0.25, 0.3) is 0 Å². The molecule has 2 aliphatic heterocycles. The Bertz CT molecular complexity index is 501. The summed E-state index contributed by atoms with van der Waals surface area (Å²) in [7, 11) is 2.06. The fourth-order valence-electron chi connectivity index (χ4n) is 3.29. The lowest BCUT2D eigenvalue weighted by Gasteiger charge is -2.30. The number of hydrogen-bond acceptors (Lipinski definition) is 3. The summed E-state index contributed by atoms with van der Waals surface area (Å²) in [6.45, 7) is 3.54. The van der Waals surface area contributed by atoms with Crippen LogP contribution in [-0.2, 0) is 25.7 Å². The third-order valence-corrected chi connectivity index (χ3v) is 4.52. The van der Waals surface area contributed by atoms with E-state index < -0.39 is 12.0 Å². The molecule has 1 aromatic rings. The van der Waals surface area contributed by atoms with Gasteiger partial charge in [-0.3, -0.25) is 0 Å². The number of aromatic nitrogens is 2. The van der Waals surface area contributed by atoms with Gasteiger partial charge in [0.1, 0.15) is 0 Å². The third kappa shape index (κ3) is 3.08. The van der Waals surface area contributed by atoms with E-state index in [4.69, 9.17) is 0 Å². The molecule has 0 saturated carbocycles. The van der Waals surface area contributed by atoms with Crippen LogP contribution in [0.4, 0.5) is 13.2 Å². The largest absolute Gasteiger partial charge is 0.449 e. The topological polar surface area (TPSA) is 33.1 Å². The van der Waals surface area contributed by atoms with Gasteiger partial charge in [-0.25, -0.2) is 4.98 Å². The number of fused-ring (bicyclic) bond motifs is 1. The Labute approximate surface area is 122 Å². The Balaban J connectivity index is 1.87. The van der Waals surface area contributed by atoms with Crippen LogP contribution in [0.25, 0.3) is 0 Å². The van der Waals surface area contributed by atoms with E-state index >= 15 is 0 Å². The summed E-state index contributed by atoms with van der Waals surface area (Å²) in [5.74, 6) is -0.398. The van der Waals surface area contributed by atoms with Crippen molar-refractivity contribution in [3.05, 3.63) is 17.2 Å². The lowest BCUT2D eigenvalue weighted by atomic mass is 9.96. The van der Waals surface area contributed by atoms with Crippen LogP contribution in [0.5, 0.6) is 0 Å². The Morgan fingerprint density at radius 1 is 1.29 bits per heavy atom. The summed E-state index contributed by atoms with van der Waals surface area (Å²) in [6.07, 6.45) is -1.83. The molecule has 0 amide bonds. The average molecular weight is 302 g/mol. The summed E-state index contributed by atoms with van der Waals surface area (Å²) in [5, 5.41) is 3.09. The number of imidazole rings is 1. The molecule has 1 aromatic heterocycles. The minimum absolute atomic E-state index is 0.315. The third-order valence-electron chi connectivity index (χ3n) is 4.52. The van der Waals surface area contributed by atoms with Gasteiger partial charge in [-0.15, -0.1) is 0 Å². The van der Waals surface area contributed by atoms with Crippen molar-refractivity contribution in [3.8, 4) is 0 Å². The van der Waals surface area contributed by atoms with Gasteiger partial charge in [0, 0.05) is 31.7 Å². The van der Waals surface area contributed by atoms with Crippen molar-refractivity contribution in [2.75, 3.05) is 26.7 Å². The van der Waals surface area contributed by atoms with Crippen molar-refractivity contribution in [2.24, 2.45) is 5.92 Å². The molecule has 0 radical (unpaired) electrons. The summed E-state index contributed by atoms with van der Waals surface area (Å²) in [6, 6.07) is 0. The quantitative estimate of drug-likeness (QED) is 0.905. The Hall–Kier alpha value is -1.08. The number of likely N-dealkylation sites (tertiary alicyclic amines) is 1. The number of hydrogen-bond donors (Lipinski definition) is 1. The summed E-state index contributed by atoms with van der Waals surface area (Å²) < 4.78 is 41.2. The van der Waals surface area contributed by atoms with Gasteiger partial charge in [0.15, 0.2) is 0 Å². The molecule has 0 atom stereocenters. The molecule has 1 fully saturated rings. The molecule has 2 aliphatic rings. The van der Waals surface area contributed by atoms with Crippen LogP contribution < -0.4 is 5.32 Å². The number of rotatable bonds is 2. The average Bonchev–Trinajstić information content (AvgIpc) is 2.81. The van der Waals surface area contributed by atoms with Gasteiger partial charge in [-0.2, -0.15) is 13.2 Å². The van der Waals surface area contributed by atoms with Crippen molar-refractivity contribution in [1.29, 1.82) is 0 Å². The van der Waals surface area contributed by atoms with E-state index in [-0.39, 0.29) is 0 Å². The zero-order valence-corrected chi connectivity index (χ0v) is 12.2. The lowest BCUT2D eigenvalue weighted by molar-refractivity contribution is -0.147. The molecule has 3 heterocycles. The molecule has 0 bridgehead atoms. The normalized spacial score (nSPS) is 21.5. The second-order valence-electron chi connectivity index (χ2n) is 6.11. The number of halogens is 3. The van der Waals surface area contributed by atoms with Gasteiger partial charge < -0.3 is 14.8 Å². The van der Waals surface area contributed by atoms with E-state index in [0.29, 0.717) is 31.1 Å². The molecule has 7 heteroatoms. The highest BCUT2D eigenvalue weighted by molar-refractivity contribution is 5.21. The zero-order chi connectivity index (χ0) is 15.0. The van der Waals surface area contributed by atoms with Gasteiger partial charge >= 0.3 is 6.18 Å². The molecule has 0 unspecified atom stereocenters. The second kappa shape index (κ2) is 5.61. The highest BCUT2D eigenvalue weighted by Crippen LogP contribution is 2.33. The Kier molecular flexibility index (Phi) is 3.96. The summed E-state index contributed by atoms with van der Waals surface area (Å²) in [5.41, 5.74) is 1.35. The predicted molar refractivity (Wildman–Crippen MR) is 72.9 cm³/mol. The summed E-state index contributed by atoms with van der Waals surface area (Å²) >= 11 is 0. The van der Waals surface area contributed by atoms with Crippen LogP contribution in [0.3, 0.4) is 0 Å². The van der Waals surface area contributed by atoms with Crippen molar-refractivity contribution >= 4 is 0 Å². The first-order chi connectivity index (χ1) is 9.95. The minimum Gasteiger partial charge on any atom is -0.324 e. The second-order valence-corrected chi connectivity index (χ2v) is 6.11. The highest BCUT2D eigenvalue weighted by atomic mass is 19.4. The first-order valence-electron chi connectivity index (χ1n) is 7.50. The maximum atomic E-state index is 13.2. The van der Waals surface area contributed by atoms with Crippen molar-refractivity contribution in [3.63, 3.8) is 0 Å². The maximum absolute atomic E-state index is 13.2. The van der Waals surface area contributed by atoms with E-state index in [9.17, 15) is 13.2 Å². The van der Waals surface area contributed by atoms with E-state index in [0.717, 1.165) is 38.2 Å². The van der Waals surface area contributed by atoms with Crippen LogP contribution >= 0.6 is 0 Å². The van der Waals surface area contributed by atoms with E-state index in [1.54, 1.807) is 0 Å². The molecule has 0 aliphatic carbocycles. The van der Waals surface area contributed by atoms with Crippen LogP contribution in [-0.4, -0.2) is 41.1 Å². The predicted octanol–water partition coefficient (Wildman–Crippen LogP) is 1.89. The molecular formula is C14H21F3N4. The van der Waals surface area contributed by atoms with Crippen molar-refractivity contribution in [1.82, 2.24) is 19.8 Å². The number of piperidine rings is 1. The Morgan fingerprint density at radius 2 is 2.00 bits per heavy atom. The highest BCUT2D eigenvalue weighted by Gasteiger charge is 2.39. The molecular weight excluding hydrogens is 281 g/mol. The van der Waals surface area contributed by atoms with Crippen LogP contribution in [0.15, 0.2) is 0 Å². The first kappa shape index (κ1) is 14.8.